The van der Waals surface area contributed by atoms with Gasteiger partial charge in [-0.3, -0.25) is 0 Å². The minimum absolute atomic E-state index is 0.326. The van der Waals surface area contributed by atoms with Gasteiger partial charge in [-0.2, -0.15) is 0 Å². The maximum Gasteiger partial charge on any atom is 0.115 e. The summed E-state index contributed by atoms with van der Waals surface area (Å²) < 4.78 is 0. The summed E-state index contributed by atoms with van der Waals surface area (Å²) in [5, 5.41) is 12.8. The van der Waals surface area contributed by atoms with Crippen LogP contribution in [0.4, 0.5) is 0 Å². The van der Waals surface area contributed by atoms with Crippen LogP contribution in [0.15, 0.2) is 54.6 Å². The molecular formula is C16H17NO. The zero-order chi connectivity index (χ0) is 12.4. The first-order valence-electron chi connectivity index (χ1n) is 6.39. The summed E-state index contributed by atoms with van der Waals surface area (Å²) in [7, 11) is 0. The van der Waals surface area contributed by atoms with Crippen molar-refractivity contribution in [2.24, 2.45) is 0 Å². The lowest BCUT2D eigenvalue weighted by Crippen LogP contribution is -2.17. The Labute approximate surface area is 107 Å². The van der Waals surface area contributed by atoms with Gasteiger partial charge in [0.05, 0.1) is 0 Å². The maximum atomic E-state index is 9.22. The highest BCUT2D eigenvalue weighted by Gasteiger charge is 2.37. The average molecular weight is 239 g/mol. The quantitative estimate of drug-likeness (QED) is 0.859. The van der Waals surface area contributed by atoms with E-state index in [2.05, 4.69) is 35.6 Å². The van der Waals surface area contributed by atoms with E-state index in [9.17, 15) is 5.11 Å². The Balaban J connectivity index is 1.53. The second-order valence-corrected chi connectivity index (χ2v) is 4.91. The molecule has 2 unspecified atom stereocenters. The van der Waals surface area contributed by atoms with Crippen molar-refractivity contribution in [1.29, 1.82) is 0 Å². The molecule has 0 heterocycles. The predicted octanol–water partition coefficient (Wildman–Crippen LogP) is 3.04. The van der Waals surface area contributed by atoms with Crippen LogP contribution in [-0.2, 0) is 6.54 Å². The van der Waals surface area contributed by atoms with Gasteiger partial charge in [0.25, 0.3) is 0 Å². The third-order valence-corrected chi connectivity index (χ3v) is 3.52. The monoisotopic (exact) mass is 239 g/mol. The first kappa shape index (κ1) is 11.3. The van der Waals surface area contributed by atoms with E-state index in [0.717, 1.165) is 6.54 Å². The average Bonchev–Trinajstić information content (AvgIpc) is 3.19. The molecule has 1 aliphatic rings. The Kier molecular flexibility index (Phi) is 3.03. The molecule has 1 aliphatic carbocycles. The molecule has 2 atom stereocenters. The van der Waals surface area contributed by atoms with Gasteiger partial charge in [0.1, 0.15) is 5.75 Å². The van der Waals surface area contributed by atoms with Gasteiger partial charge in [0, 0.05) is 18.5 Å². The lowest BCUT2D eigenvalue weighted by Gasteiger charge is -2.05. The molecule has 1 fully saturated rings. The number of benzene rings is 2. The lowest BCUT2D eigenvalue weighted by molar-refractivity contribution is 0.475. The topological polar surface area (TPSA) is 32.3 Å². The molecule has 2 aromatic carbocycles. The van der Waals surface area contributed by atoms with Gasteiger partial charge in [-0.1, -0.05) is 42.5 Å². The molecule has 18 heavy (non-hydrogen) atoms. The largest absolute Gasteiger partial charge is 0.508 e. The second-order valence-electron chi connectivity index (χ2n) is 4.91. The number of phenols is 1. The van der Waals surface area contributed by atoms with Crippen molar-refractivity contribution in [3.8, 4) is 5.75 Å². The van der Waals surface area contributed by atoms with E-state index in [0.29, 0.717) is 17.7 Å². The molecule has 0 spiro atoms. The molecule has 0 bridgehead atoms. The smallest absolute Gasteiger partial charge is 0.115 e. The Morgan fingerprint density at radius 2 is 1.72 bits per heavy atom. The molecule has 0 saturated heterocycles. The number of hydrogen-bond acceptors (Lipinski definition) is 2. The predicted molar refractivity (Wildman–Crippen MR) is 72.5 cm³/mol. The number of phenolic OH excluding ortho intramolecular Hbond substituents is 1. The first-order chi connectivity index (χ1) is 8.83. The molecule has 0 radical (unpaired) electrons. The zero-order valence-corrected chi connectivity index (χ0v) is 10.2. The fraction of sp³-hybridized carbons (Fsp3) is 0.250. The standard InChI is InChI=1S/C16H17NO/c18-14-8-6-12(7-9-14)11-17-16-10-15(16)13-4-2-1-3-5-13/h1-9,15-18H,10-11H2. The van der Waals surface area contributed by atoms with Gasteiger partial charge in [0.2, 0.25) is 0 Å². The first-order valence-corrected chi connectivity index (χ1v) is 6.39. The number of nitrogens with one attached hydrogen (secondary N) is 1. The summed E-state index contributed by atoms with van der Waals surface area (Å²) >= 11 is 0. The Bertz CT molecular complexity index is 506. The fourth-order valence-electron chi connectivity index (χ4n) is 2.35. The van der Waals surface area contributed by atoms with E-state index in [1.165, 1.54) is 17.5 Å². The van der Waals surface area contributed by atoms with Gasteiger partial charge in [-0.05, 0) is 29.7 Å². The third-order valence-electron chi connectivity index (χ3n) is 3.52. The number of hydrogen-bond donors (Lipinski definition) is 2. The Morgan fingerprint density at radius 1 is 1.00 bits per heavy atom. The van der Waals surface area contributed by atoms with E-state index in [1.54, 1.807) is 12.1 Å². The highest BCUT2D eigenvalue weighted by Crippen LogP contribution is 2.40. The molecular weight excluding hydrogens is 222 g/mol. The molecule has 1 saturated carbocycles. The highest BCUT2D eigenvalue weighted by molar-refractivity contribution is 5.29. The van der Waals surface area contributed by atoms with E-state index in [-0.39, 0.29) is 0 Å². The summed E-state index contributed by atoms with van der Waals surface area (Å²) in [4.78, 5) is 0. The number of aromatic hydroxyl groups is 1. The molecule has 3 rings (SSSR count). The number of rotatable bonds is 4. The van der Waals surface area contributed by atoms with E-state index in [1.807, 2.05) is 12.1 Å². The molecule has 2 aromatic rings. The minimum atomic E-state index is 0.326. The second kappa shape index (κ2) is 4.83. The van der Waals surface area contributed by atoms with Crippen LogP contribution < -0.4 is 5.32 Å². The maximum absolute atomic E-state index is 9.22. The zero-order valence-electron chi connectivity index (χ0n) is 10.2. The lowest BCUT2D eigenvalue weighted by atomic mass is 10.1. The van der Waals surface area contributed by atoms with Crippen LogP contribution >= 0.6 is 0 Å². The van der Waals surface area contributed by atoms with Gasteiger partial charge in [0.15, 0.2) is 0 Å². The molecule has 0 amide bonds. The molecule has 92 valence electrons. The van der Waals surface area contributed by atoms with Crippen LogP contribution in [0.3, 0.4) is 0 Å². The summed E-state index contributed by atoms with van der Waals surface area (Å²) in [5.41, 5.74) is 2.65. The van der Waals surface area contributed by atoms with Crippen molar-refractivity contribution in [2.45, 2.75) is 24.9 Å². The molecule has 2 heteroatoms. The van der Waals surface area contributed by atoms with Crippen molar-refractivity contribution >= 4 is 0 Å². The fourth-order valence-corrected chi connectivity index (χ4v) is 2.35. The van der Waals surface area contributed by atoms with Crippen molar-refractivity contribution < 1.29 is 5.11 Å². The Morgan fingerprint density at radius 3 is 2.44 bits per heavy atom. The SMILES string of the molecule is Oc1ccc(CNC2CC2c2ccccc2)cc1. The third kappa shape index (κ3) is 2.54. The van der Waals surface area contributed by atoms with Crippen LogP contribution in [-0.4, -0.2) is 11.1 Å². The summed E-state index contributed by atoms with van der Waals surface area (Å²) in [6.45, 7) is 0.869. The summed E-state index contributed by atoms with van der Waals surface area (Å²) in [5.74, 6) is 0.996. The molecule has 2 nitrogen and oxygen atoms in total. The minimum Gasteiger partial charge on any atom is -0.508 e. The molecule has 0 aromatic heterocycles. The van der Waals surface area contributed by atoms with Crippen LogP contribution in [0.2, 0.25) is 0 Å². The van der Waals surface area contributed by atoms with E-state index in [4.69, 9.17) is 0 Å². The van der Waals surface area contributed by atoms with E-state index < -0.39 is 0 Å². The summed E-state index contributed by atoms with van der Waals surface area (Å²) in [6, 6.07) is 18.7. The van der Waals surface area contributed by atoms with Crippen LogP contribution in [0, 0.1) is 0 Å². The van der Waals surface area contributed by atoms with E-state index >= 15 is 0 Å². The van der Waals surface area contributed by atoms with Crippen molar-refractivity contribution in [2.75, 3.05) is 0 Å². The Hall–Kier alpha value is -1.80. The van der Waals surface area contributed by atoms with Crippen molar-refractivity contribution in [3.63, 3.8) is 0 Å². The normalized spacial score (nSPS) is 21.8. The van der Waals surface area contributed by atoms with Gasteiger partial charge in [-0.25, -0.2) is 0 Å². The molecule has 0 aliphatic heterocycles. The summed E-state index contributed by atoms with van der Waals surface area (Å²) in [6.07, 6.45) is 1.22. The van der Waals surface area contributed by atoms with Crippen LogP contribution in [0.1, 0.15) is 23.5 Å². The molecule has 2 N–H and O–H groups in total. The van der Waals surface area contributed by atoms with Crippen molar-refractivity contribution in [1.82, 2.24) is 5.32 Å². The van der Waals surface area contributed by atoms with Crippen molar-refractivity contribution in [3.05, 3.63) is 65.7 Å². The van der Waals surface area contributed by atoms with Crippen LogP contribution in [0.25, 0.3) is 0 Å². The van der Waals surface area contributed by atoms with Crippen LogP contribution in [0.5, 0.6) is 5.75 Å². The van der Waals surface area contributed by atoms with Gasteiger partial charge >= 0.3 is 0 Å². The highest BCUT2D eigenvalue weighted by atomic mass is 16.3. The van der Waals surface area contributed by atoms with Gasteiger partial charge < -0.3 is 10.4 Å². The van der Waals surface area contributed by atoms with Gasteiger partial charge in [-0.15, -0.1) is 0 Å².